The van der Waals surface area contributed by atoms with Gasteiger partial charge in [-0.3, -0.25) is 4.79 Å². The van der Waals surface area contributed by atoms with Gasteiger partial charge in [-0.15, -0.1) is 0 Å². The summed E-state index contributed by atoms with van der Waals surface area (Å²) in [5, 5.41) is 2.67. The first kappa shape index (κ1) is 14.9. The summed E-state index contributed by atoms with van der Waals surface area (Å²) in [4.78, 5) is 12.0. The molecule has 0 unspecified atom stereocenters. The third-order valence-electron chi connectivity index (χ3n) is 2.35. The second kappa shape index (κ2) is 6.32. The van der Waals surface area contributed by atoms with Gasteiger partial charge in [0, 0.05) is 18.2 Å². The first-order chi connectivity index (χ1) is 8.97. The topological polar surface area (TPSA) is 29.1 Å². The number of hydrogen-bond donors (Lipinski definition) is 1. The number of carbonyl (C=O) groups is 1. The number of halogens is 4. The molecule has 0 aliphatic heterocycles. The van der Waals surface area contributed by atoms with Crippen molar-refractivity contribution in [2.45, 2.75) is 0 Å². The van der Waals surface area contributed by atoms with Gasteiger partial charge in [-0.1, -0.05) is 15.9 Å². The molecule has 19 heavy (non-hydrogen) atoms. The SMILES string of the molecule is O=C(Nc1ccc(Br)c(I)c1)c1ccc(Br)cc1F. The molecule has 98 valence electrons. The van der Waals surface area contributed by atoms with Gasteiger partial charge in [0.25, 0.3) is 5.91 Å². The molecule has 0 aromatic heterocycles. The summed E-state index contributed by atoms with van der Waals surface area (Å²) in [6, 6.07) is 9.72. The molecule has 1 N–H and O–H groups in total. The zero-order chi connectivity index (χ0) is 14.0. The van der Waals surface area contributed by atoms with E-state index in [0.29, 0.717) is 10.2 Å². The Morgan fingerprint density at radius 3 is 2.53 bits per heavy atom. The molecule has 0 spiro atoms. The highest BCUT2D eigenvalue weighted by Gasteiger charge is 2.12. The summed E-state index contributed by atoms with van der Waals surface area (Å²) in [5.74, 6) is -1.03. The van der Waals surface area contributed by atoms with Crippen LogP contribution in [-0.4, -0.2) is 5.91 Å². The molecule has 0 saturated carbocycles. The van der Waals surface area contributed by atoms with E-state index >= 15 is 0 Å². The molecular weight excluding hydrogens is 492 g/mol. The molecule has 0 radical (unpaired) electrons. The van der Waals surface area contributed by atoms with Crippen LogP contribution in [0.25, 0.3) is 0 Å². The maximum absolute atomic E-state index is 13.6. The van der Waals surface area contributed by atoms with Gasteiger partial charge in [0.1, 0.15) is 5.82 Å². The Labute approximate surface area is 140 Å². The molecule has 2 aromatic rings. The van der Waals surface area contributed by atoms with Crippen molar-refractivity contribution < 1.29 is 9.18 Å². The van der Waals surface area contributed by atoms with Gasteiger partial charge in [-0.05, 0) is 74.9 Å². The third kappa shape index (κ3) is 3.76. The largest absolute Gasteiger partial charge is 0.322 e. The fraction of sp³-hybridized carbons (Fsp3) is 0. The average Bonchev–Trinajstić information content (AvgIpc) is 2.33. The summed E-state index contributed by atoms with van der Waals surface area (Å²) >= 11 is 8.67. The predicted molar refractivity (Wildman–Crippen MR) is 88.9 cm³/mol. The maximum Gasteiger partial charge on any atom is 0.258 e. The van der Waals surface area contributed by atoms with E-state index in [1.165, 1.54) is 12.1 Å². The van der Waals surface area contributed by atoms with Crippen LogP contribution in [0.2, 0.25) is 0 Å². The van der Waals surface area contributed by atoms with Crippen LogP contribution >= 0.6 is 54.5 Å². The molecule has 6 heteroatoms. The van der Waals surface area contributed by atoms with Crippen LogP contribution < -0.4 is 5.32 Å². The average molecular weight is 499 g/mol. The monoisotopic (exact) mass is 497 g/mol. The quantitative estimate of drug-likeness (QED) is 0.566. The number of carbonyl (C=O) groups excluding carboxylic acids is 1. The highest BCUT2D eigenvalue weighted by molar-refractivity contribution is 14.1. The van der Waals surface area contributed by atoms with Gasteiger partial charge < -0.3 is 5.32 Å². The number of anilines is 1. The van der Waals surface area contributed by atoms with Crippen molar-refractivity contribution in [1.29, 1.82) is 0 Å². The molecule has 2 nitrogen and oxygen atoms in total. The van der Waals surface area contributed by atoms with E-state index in [2.05, 4.69) is 59.8 Å². The lowest BCUT2D eigenvalue weighted by molar-refractivity contribution is 0.102. The van der Waals surface area contributed by atoms with Crippen LogP contribution in [0.4, 0.5) is 10.1 Å². The second-order valence-corrected chi connectivity index (χ2v) is 6.64. The molecule has 0 bridgehead atoms. The van der Waals surface area contributed by atoms with Crippen LogP contribution in [-0.2, 0) is 0 Å². The standard InChI is InChI=1S/C13H7Br2FINO/c14-7-1-3-9(11(16)5-7)13(19)18-8-2-4-10(15)12(17)6-8/h1-6H,(H,18,19). The Morgan fingerprint density at radius 2 is 1.89 bits per heavy atom. The minimum absolute atomic E-state index is 0.0149. The lowest BCUT2D eigenvalue weighted by Gasteiger charge is -2.07. The normalized spacial score (nSPS) is 10.3. The van der Waals surface area contributed by atoms with Crippen molar-refractivity contribution in [2.75, 3.05) is 5.32 Å². The van der Waals surface area contributed by atoms with Crippen molar-refractivity contribution in [1.82, 2.24) is 0 Å². The number of amides is 1. The second-order valence-electron chi connectivity index (χ2n) is 3.71. The van der Waals surface area contributed by atoms with E-state index in [1.54, 1.807) is 18.2 Å². The molecular formula is C13H7Br2FINO. The van der Waals surface area contributed by atoms with Crippen molar-refractivity contribution in [3.8, 4) is 0 Å². The minimum Gasteiger partial charge on any atom is -0.322 e. The van der Waals surface area contributed by atoms with E-state index in [1.807, 2.05) is 6.07 Å². The van der Waals surface area contributed by atoms with Gasteiger partial charge in [-0.25, -0.2) is 4.39 Å². The van der Waals surface area contributed by atoms with E-state index in [-0.39, 0.29) is 5.56 Å². The van der Waals surface area contributed by atoms with Crippen molar-refractivity contribution in [3.05, 3.63) is 60.3 Å². The van der Waals surface area contributed by atoms with Crippen molar-refractivity contribution in [2.24, 2.45) is 0 Å². The molecule has 1 amide bonds. The molecule has 0 heterocycles. The molecule has 2 rings (SSSR count). The molecule has 0 fully saturated rings. The lowest BCUT2D eigenvalue weighted by atomic mass is 10.2. The van der Waals surface area contributed by atoms with Crippen molar-refractivity contribution >= 4 is 66.0 Å². The Bertz CT molecular complexity index is 649. The molecule has 0 aliphatic carbocycles. The molecule has 2 aromatic carbocycles. The van der Waals surface area contributed by atoms with Crippen LogP contribution in [0.1, 0.15) is 10.4 Å². The number of nitrogens with one attached hydrogen (secondary N) is 1. The smallest absolute Gasteiger partial charge is 0.258 e. The molecule has 0 saturated heterocycles. The van der Waals surface area contributed by atoms with Crippen LogP contribution in [0, 0.1) is 9.39 Å². The Kier molecular flexibility index (Phi) is 4.97. The zero-order valence-electron chi connectivity index (χ0n) is 9.38. The summed E-state index contributed by atoms with van der Waals surface area (Å²) in [7, 11) is 0. The first-order valence-electron chi connectivity index (χ1n) is 5.19. The summed E-state index contributed by atoms with van der Waals surface area (Å²) < 4.78 is 16.2. The highest BCUT2D eigenvalue weighted by Crippen LogP contribution is 2.23. The third-order valence-corrected chi connectivity index (χ3v) is 5.17. The predicted octanol–water partition coefficient (Wildman–Crippen LogP) is 5.21. The minimum atomic E-state index is -0.557. The number of benzene rings is 2. The number of rotatable bonds is 2. The van der Waals surface area contributed by atoms with Gasteiger partial charge in [0.15, 0.2) is 0 Å². The fourth-order valence-electron chi connectivity index (χ4n) is 1.45. The zero-order valence-corrected chi connectivity index (χ0v) is 14.7. The van der Waals surface area contributed by atoms with E-state index in [0.717, 1.165) is 8.04 Å². The highest BCUT2D eigenvalue weighted by atomic mass is 127. The van der Waals surface area contributed by atoms with Crippen LogP contribution in [0.15, 0.2) is 45.3 Å². The van der Waals surface area contributed by atoms with E-state index in [4.69, 9.17) is 0 Å². The summed E-state index contributed by atoms with van der Waals surface area (Å²) in [6.45, 7) is 0. The van der Waals surface area contributed by atoms with E-state index < -0.39 is 11.7 Å². The molecule has 0 aliphatic rings. The molecule has 0 atom stereocenters. The number of hydrogen-bond acceptors (Lipinski definition) is 1. The lowest BCUT2D eigenvalue weighted by Crippen LogP contribution is -2.13. The summed E-state index contributed by atoms with van der Waals surface area (Å²) in [5.41, 5.74) is 0.640. The Hall–Kier alpha value is -0.470. The van der Waals surface area contributed by atoms with Gasteiger partial charge >= 0.3 is 0 Å². The Balaban J connectivity index is 2.23. The van der Waals surface area contributed by atoms with Gasteiger partial charge in [0.2, 0.25) is 0 Å². The van der Waals surface area contributed by atoms with Crippen molar-refractivity contribution in [3.63, 3.8) is 0 Å². The first-order valence-corrected chi connectivity index (χ1v) is 7.85. The van der Waals surface area contributed by atoms with Gasteiger partial charge in [-0.2, -0.15) is 0 Å². The van der Waals surface area contributed by atoms with Gasteiger partial charge in [0.05, 0.1) is 5.56 Å². The van der Waals surface area contributed by atoms with Crippen LogP contribution in [0.5, 0.6) is 0 Å². The Morgan fingerprint density at radius 1 is 1.16 bits per heavy atom. The van der Waals surface area contributed by atoms with Crippen LogP contribution in [0.3, 0.4) is 0 Å². The fourth-order valence-corrected chi connectivity index (χ4v) is 2.54. The summed E-state index contributed by atoms with van der Waals surface area (Å²) in [6.07, 6.45) is 0. The maximum atomic E-state index is 13.6. The van der Waals surface area contributed by atoms with E-state index in [9.17, 15) is 9.18 Å².